The van der Waals surface area contributed by atoms with Crippen LogP contribution in [-0.2, 0) is 0 Å². The molecule has 0 aliphatic carbocycles. The van der Waals surface area contributed by atoms with E-state index >= 15 is 0 Å². The molecule has 0 saturated heterocycles. The fourth-order valence-corrected chi connectivity index (χ4v) is 2.35. The Morgan fingerprint density at radius 2 is 1.95 bits per heavy atom. The summed E-state index contributed by atoms with van der Waals surface area (Å²) in [7, 11) is 0. The van der Waals surface area contributed by atoms with Crippen molar-refractivity contribution in [2.75, 3.05) is 11.1 Å². The fraction of sp³-hybridized carbons (Fsp3) is 0.294. The van der Waals surface area contributed by atoms with E-state index in [0.717, 1.165) is 22.5 Å². The second-order valence-electron chi connectivity index (χ2n) is 5.57. The van der Waals surface area contributed by atoms with Crippen molar-refractivity contribution in [3.63, 3.8) is 0 Å². The second kappa shape index (κ2) is 5.95. The Morgan fingerprint density at radius 3 is 2.57 bits per heavy atom. The molecule has 1 aromatic heterocycles. The van der Waals surface area contributed by atoms with Gasteiger partial charge >= 0.3 is 0 Å². The van der Waals surface area contributed by atoms with Gasteiger partial charge in [-0.25, -0.2) is 4.98 Å². The molecular weight excluding hydrogens is 262 g/mol. The highest BCUT2D eigenvalue weighted by molar-refractivity contribution is 6.05. The first-order valence-electron chi connectivity index (χ1n) is 7.03. The van der Waals surface area contributed by atoms with Crippen LogP contribution in [-0.4, -0.2) is 10.9 Å². The van der Waals surface area contributed by atoms with E-state index in [2.05, 4.69) is 24.1 Å². The van der Waals surface area contributed by atoms with Gasteiger partial charge in [0.1, 0.15) is 5.82 Å². The summed E-state index contributed by atoms with van der Waals surface area (Å²) in [5, 5.41) is 3.01. The van der Waals surface area contributed by atoms with Crippen LogP contribution >= 0.6 is 0 Å². The average molecular weight is 283 g/mol. The number of amides is 1. The molecule has 0 aliphatic heterocycles. The maximum Gasteiger partial charge on any atom is 0.255 e. The number of nitrogens with zero attached hydrogens (tertiary/aromatic N) is 1. The number of anilines is 2. The Labute approximate surface area is 125 Å². The van der Waals surface area contributed by atoms with Crippen molar-refractivity contribution in [2.45, 2.75) is 33.6 Å². The van der Waals surface area contributed by atoms with E-state index < -0.39 is 0 Å². The van der Waals surface area contributed by atoms with Crippen molar-refractivity contribution in [1.29, 1.82) is 0 Å². The van der Waals surface area contributed by atoms with Gasteiger partial charge in [-0.1, -0.05) is 32.0 Å². The lowest BCUT2D eigenvalue weighted by Gasteiger charge is -2.16. The fourth-order valence-electron chi connectivity index (χ4n) is 2.35. The molecule has 110 valence electrons. The summed E-state index contributed by atoms with van der Waals surface area (Å²) in [6.45, 7) is 8.03. The van der Waals surface area contributed by atoms with Gasteiger partial charge < -0.3 is 11.1 Å². The number of aryl methyl sites for hydroxylation is 2. The molecule has 21 heavy (non-hydrogen) atoms. The van der Waals surface area contributed by atoms with Crippen molar-refractivity contribution < 1.29 is 4.79 Å². The van der Waals surface area contributed by atoms with E-state index in [9.17, 15) is 4.79 Å². The van der Waals surface area contributed by atoms with Crippen LogP contribution in [0.25, 0.3) is 0 Å². The Hall–Kier alpha value is -2.36. The van der Waals surface area contributed by atoms with Gasteiger partial charge in [0.05, 0.1) is 0 Å². The van der Waals surface area contributed by atoms with E-state index in [1.54, 1.807) is 12.1 Å². The molecule has 0 radical (unpaired) electrons. The quantitative estimate of drug-likeness (QED) is 0.903. The van der Waals surface area contributed by atoms with Crippen LogP contribution in [0.3, 0.4) is 0 Å². The molecular formula is C17H21N3O. The van der Waals surface area contributed by atoms with E-state index in [0.29, 0.717) is 17.3 Å². The number of nitrogen functional groups attached to an aromatic ring is 1. The zero-order valence-corrected chi connectivity index (χ0v) is 12.9. The summed E-state index contributed by atoms with van der Waals surface area (Å²) >= 11 is 0. The molecule has 2 rings (SSSR count). The minimum absolute atomic E-state index is 0.164. The number of carbonyl (C=O) groups excluding carboxylic acids is 1. The largest absolute Gasteiger partial charge is 0.384 e. The maximum absolute atomic E-state index is 12.5. The smallest absolute Gasteiger partial charge is 0.255 e. The number of para-hydroxylation sites is 1. The summed E-state index contributed by atoms with van der Waals surface area (Å²) in [5.74, 6) is 0.530. The van der Waals surface area contributed by atoms with E-state index in [4.69, 9.17) is 5.73 Å². The first-order chi connectivity index (χ1) is 9.88. The molecule has 1 aromatic carbocycles. The zero-order chi connectivity index (χ0) is 15.6. The van der Waals surface area contributed by atoms with Crippen molar-refractivity contribution in [1.82, 2.24) is 4.98 Å². The van der Waals surface area contributed by atoms with Crippen LogP contribution in [0, 0.1) is 13.8 Å². The summed E-state index contributed by atoms with van der Waals surface area (Å²) < 4.78 is 0. The van der Waals surface area contributed by atoms with E-state index in [-0.39, 0.29) is 5.91 Å². The molecule has 3 N–H and O–H groups in total. The molecule has 1 amide bonds. The molecule has 4 heteroatoms. The Bertz CT molecular complexity index is 657. The lowest BCUT2D eigenvalue weighted by atomic mass is 9.98. The highest BCUT2D eigenvalue weighted by Gasteiger charge is 2.14. The van der Waals surface area contributed by atoms with Crippen molar-refractivity contribution in [3.05, 3.63) is 52.7 Å². The number of nitrogens with two attached hydrogens (primary N) is 1. The minimum Gasteiger partial charge on any atom is -0.384 e. The predicted octanol–water partition coefficient (Wildman–Crippen LogP) is 3.66. The number of pyridine rings is 1. The molecule has 0 atom stereocenters. The van der Waals surface area contributed by atoms with Gasteiger partial charge in [0.2, 0.25) is 0 Å². The first kappa shape index (κ1) is 15.0. The average Bonchev–Trinajstić information content (AvgIpc) is 2.39. The van der Waals surface area contributed by atoms with Gasteiger partial charge in [0.15, 0.2) is 0 Å². The SMILES string of the molecule is Cc1cc(C(=O)Nc2c(C)cccc2C(C)C)cc(N)n1. The highest BCUT2D eigenvalue weighted by atomic mass is 16.1. The van der Waals surface area contributed by atoms with Gasteiger partial charge in [0.25, 0.3) is 5.91 Å². The van der Waals surface area contributed by atoms with Gasteiger partial charge in [-0.15, -0.1) is 0 Å². The zero-order valence-electron chi connectivity index (χ0n) is 12.9. The molecule has 0 aliphatic rings. The monoisotopic (exact) mass is 283 g/mol. The van der Waals surface area contributed by atoms with Crippen LogP contribution in [0.1, 0.15) is 46.9 Å². The second-order valence-corrected chi connectivity index (χ2v) is 5.57. The van der Waals surface area contributed by atoms with Crippen LogP contribution < -0.4 is 11.1 Å². The normalized spacial score (nSPS) is 10.7. The van der Waals surface area contributed by atoms with Gasteiger partial charge in [-0.05, 0) is 43.0 Å². The summed E-state index contributed by atoms with van der Waals surface area (Å²) in [6, 6.07) is 9.37. The van der Waals surface area contributed by atoms with Gasteiger partial charge in [-0.3, -0.25) is 4.79 Å². The number of rotatable bonds is 3. The van der Waals surface area contributed by atoms with Crippen LogP contribution in [0.5, 0.6) is 0 Å². The number of nitrogens with one attached hydrogen (secondary N) is 1. The third-order valence-corrected chi connectivity index (χ3v) is 3.40. The van der Waals surface area contributed by atoms with Crippen LogP contribution in [0.15, 0.2) is 30.3 Å². The molecule has 4 nitrogen and oxygen atoms in total. The number of aromatic nitrogens is 1. The summed E-state index contributed by atoms with van der Waals surface area (Å²) in [4.78, 5) is 16.5. The predicted molar refractivity (Wildman–Crippen MR) is 86.6 cm³/mol. The lowest BCUT2D eigenvalue weighted by molar-refractivity contribution is 0.102. The number of carbonyl (C=O) groups is 1. The van der Waals surface area contributed by atoms with Crippen molar-refractivity contribution in [2.24, 2.45) is 0 Å². The minimum atomic E-state index is -0.164. The van der Waals surface area contributed by atoms with Crippen LogP contribution in [0.4, 0.5) is 11.5 Å². The van der Waals surface area contributed by atoms with Gasteiger partial charge in [-0.2, -0.15) is 0 Å². The Kier molecular flexibility index (Phi) is 4.26. The summed E-state index contributed by atoms with van der Waals surface area (Å²) in [6.07, 6.45) is 0. The van der Waals surface area contributed by atoms with E-state index in [1.165, 1.54) is 0 Å². The molecule has 1 heterocycles. The molecule has 0 bridgehead atoms. The number of hydrogen-bond acceptors (Lipinski definition) is 3. The van der Waals surface area contributed by atoms with Crippen molar-refractivity contribution in [3.8, 4) is 0 Å². The summed E-state index contributed by atoms with van der Waals surface area (Å²) in [5.41, 5.74) is 10.0. The standard InChI is InChI=1S/C17H21N3O/c1-10(2)14-7-5-6-11(3)16(14)20-17(21)13-8-12(4)19-15(18)9-13/h5-10H,1-4H3,(H2,18,19)(H,20,21). The maximum atomic E-state index is 12.5. The number of hydrogen-bond donors (Lipinski definition) is 2. The van der Waals surface area contributed by atoms with Crippen LogP contribution in [0.2, 0.25) is 0 Å². The number of benzene rings is 1. The molecule has 0 unspecified atom stereocenters. The topological polar surface area (TPSA) is 68.0 Å². The Morgan fingerprint density at radius 1 is 1.24 bits per heavy atom. The molecule has 0 spiro atoms. The first-order valence-corrected chi connectivity index (χ1v) is 7.03. The van der Waals surface area contributed by atoms with Crippen molar-refractivity contribution >= 4 is 17.4 Å². The molecule has 0 fully saturated rings. The third kappa shape index (κ3) is 3.40. The van der Waals surface area contributed by atoms with Gasteiger partial charge in [0, 0.05) is 16.9 Å². The highest BCUT2D eigenvalue weighted by Crippen LogP contribution is 2.28. The Balaban J connectivity index is 2.36. The van der Waals surface area contributed by atoms with E-state index in [1.807, 2.05) is 32.0 Å². The molecule has 0 saturated carbocycles. The lowest BCUT2D eigenvalue weighted by Crippen LogP contribution is -2.15. The molecule has 2 aromatic rings. The third-order valence-electron chi connectivity index (χ3n) is 3.40.